The van der Waals surface area contributed by atoms with Crippen molar-refractivity contribution >= 4 is 44.2 Å². The van der Waals surface area contributed by atoms with E-state index in [1.54, 1.807) is 22.7 Å². The molecular weight excluding hydrogens is 857 g/mol. The van der Waals surface area contributed by atoms with Crippen molar-refractivity contribution in [1.29, 1.82) is 0 Å². The lowest BCUT2D eigenvalue weighted by Crippen LogP contribution is -2.27. The molecular formula is C62H42O3S2. The number of benzene rings is 8. The third kappa shape index (κ3) is 6.50. The molecule has 2 aromatic heterocycles. The molecule has 0 radical (unpaired) electrons. The van der Waals surface area contributed by atoms with Gasteiger partial charge in [0.1, 0.15) is 24.7 Å². The van der Waals surface area contributed by atoms with Gasteiger partial charge in [-0.05, 0) is 152 Å². The first-order valence-electron chi connectivity index (χ1n) is 22.5. The lowest BCUT2D eigenvalue weighted by Gasteiger charge is -2.32. The monoisotopic (exact) mass is 898 g/mol. The Morgan fingerprint density at radius 3 is 1.13 bits per heavy atom. The van der Waals surface area contributed by atoms with Gasteiger partial charge in [0.25, 0.3) is 0 Å². The molecule has 12 rings (SSSR count). The topological polar surface area (TPSA) is 27.7 Å². The molecule has 3 nitrogen and oxygen atoms in total. The van der Waals surface area contributed by atoms with Gasteiger partial charge in [-0.25, -0.2) is 0 Å². The van der Waals surface area contributed by atoms with Gasteiger partial charge in [-0.2, -0.15) is 0 Å². The predicted octanol–water partition coefficient (Wildman–Crippen LogP) is 15.4. The number of thiophene rings is 2. The number of hydrogen-bond donors (Lipinski definition) is 0. The van der Waals surface area contributed by atoms with Crippen molar-refractivity contribution in [1.82, 2.24) is 0 Å². The second-order valence-electron chi connectivity index (χ2n) is 16.9. The quantitative estimate of drug-likeness (QED) is 0.128. The molecule has 2 heterocycles. The molecule has 5 heteroatoms. The van der Waals surface area contributed by atoms with Crippen LogP contribution < -0.4 is 14.2 Å². The smallest absolute Gasteiger partial charge is 0.182 e. The normalized spacial score (nSPS) is 13.3. The summed E-state index contributed by atoms with van der Waals surface area (Å²) in [4.78, 5) is 2.40. The Bertz CT molecular complexity index is 3360. The summed E-state index contributed by atoms with van der Waals surface area (Å²) >= 11 is 3.44. The summed E-state index contributed by atoms with van der Waals surface area (Å²) in [7, 11) is 0. The molecule has 0 saturated carbocycles. The van der Waals surface area contributed by atoms with Crippen LogP contribution in [0.4, 0.5) is 0 Å². The van der Waals surface area contributed by atoms with E-state index in [2.05, 4.69) is 206 Å². The first kappa shape index (κ1) is 40.7. The molecule has 2 aliphatic carbocycles. The maximum Gasteiger partial charge on any atom is 0.182 e. The van der Waals surface area contributed by atoms with Crippen LogP contribution in [-0.4, -0.2) is 13.2 Å². The molecule has 0 amide bonds. The van der Waals surface area contributed by atoms with Crippen LogP contribution in [0.3, 0.4) is 0 Å². The number of rotatable bonds is 10. The van der Waals surface area contributed by atoms with Gasteiger partial charge >= 0.3 is 0 Å². The Balaban J connectivity index is 0.957. The van der Waals surface area contributed by atoms with E-state index in [4.69, 9.17) is 14.2 Å². The second kappa shape index (κ2) is 16.6. The van der Waals surface area contributed by atoms with Crippen molar-refractivity contribution in [3.05, 3.63) is 237 Å². The van der Waals surface area contributed by atoms with Gasteiger partial charge < -0.3 is 14.2 Å². The van der Waals surface area contributed by atoms with Crippen LogP contribution in [0.2, 0.25) is 0 Å². The molecule has 67 heavy (non-hydrogen) atoms. The molecule has 8 aromatic carbocycles. The summed E-state index contributed by atoms with van der Waals surface area (Å²) in [6.45, 7) is 4.40. The number of fused-ring (bicyclic) bond motifs is 8. The average molecular weight is 899 g/mol. The van der Waals surface area contributed by atoms with Gasteiger partial charge in [0.2, 0.25) is 0 Å². The van der Waals surface area contributed by atoms with Gasteiger partial charge in [0.05, 0.1) is 10.8 Å². The average Bonchev–Trinajstić information content (AvgIpc) is 4.17. The predicted molar refractivity (Wildman–Crippen MR) is 276 cm³/mol. The summed E-state index contributed by atoms with van der Waals surface area (Å²) in [5.74, 6) is 13.5. The van der Waals surface area contributed by atoms with Crippen LogP contribution in [0, 0.1) is 23.7 Å². The second-order valence-corrected chi connectivity index (χ2v) is 19.0. The standard InChI is InChI=1S/C62H42O3S2/c1-3-5-35-63-47-29-25-41-37-45(27-23-43(41)39-47)61(53-19-11-7-15-49(53)50-16-8-12-20-54(50)61)57-31-33-59(66-57)65-60-34-32-58(67-60)62(55-21-13-9-17-51(55)52-18-10-14-22-56(52)62)46-28-24-44-40-48(64-36-6-4-2)30-26-42(44)38-46/h7-34,37-40H,35-36H2,1-2H3. The Morgan fingerprint density at radius 2 is 0.746 bits per heavy atom. The van der Waals surface area contributed by atoms with Crippen molar-refractivity contribution in [3.8, 4) is 67.6 Å². The Morgan fingerprint density at radius 1 is 0.388 bits per heavy atom. The summed E-state index contributed by atoms with van der Waals surface area (Å²) in [6.07, 6.45) is 0. The van der Waals surface area contributed by atoms with Crippen LogP contribution in [-0.2, 0) is 10.8 Å². The molecule has 320 valence electrons. The fourth-order valence-electron chi connectivity index (χ4n) is 10.6. The third-order valence-corrected chi connectivity index (χ3v) is 15.6. The van der Waals surface area contributed by atoms with E-state index in [1.165, 1.54) is 65.4 Å². The zero-order chi connectivity index (χ0) is 45.0. The number of hydrogen-bond acceptors (Lipinski definition) is 5. The molecule has 0 bridgehead atoms. The van der Waals surface area contributed by atoms with Crippen molar-refractivity contribution in [2.24, 2.45) is 0 Å². The molecule has 0 aliphatic heterocycles. The van der Waals surface area contributed by atoms with E-state index in [-0.39, 0.29) is 0 Å². The van der Waals surface area contributed by atoms with E-state index in [1.807, 2.05) is 26.0 Å². The van der Waals surface area contributed by atoms with Crippen LogP contribution in [0.5, 0.6) is 21.6 Å². The van der Waals surface area contributed by atoms with Crippen LogP contribution in [0.1, 0.15) is 57.0 Å². The van der Waals surface area contributed by atoms with E-state index in [0.717, 1.165) is 43.2 Å². The maximum atomic E-state index is 7.01. The van der Waals surface area contributed by atoms with Gasteiger partial charge in [-0.15, -0.1) is 34.5 Å². The molecule has 2 aliphatic rings. The minimum absolute atomic E-state index is 0.368. The fraction of sp³-hybridized carbons (Fsp3) is 0.0968. The number of ether oxygens (including phenoxy) is 3. The third-order valence-electron chi connectivity index (χ3n) is 13.5. The molecule has 0 fully saturated rings. The zero-order valence-electron chi connectivity index (χ0n) is 36.9. The molecule has 0 unspecified atom stereocenters. The summed E-state index contributed by atoms with van der Waals surface area (Å²) in [5.41, 5.74) is 11.4. The lowest BCUT2D eigenvalue weighted by atomic mass is 9.71. The van der Waals surface area contributed by atoms with Gasteiger partial charge in [0.15, 0.2) is 10.1 Å². The Kier molecular flexibility index (Phi) is 10.1. The van der Waals surface area contributed by atoms with Crippen molar-refractivity contribution in [2.75, 3.05) is 13.2 Å². The summed E-state index contributed by atoms with van der Waals surface area (Å²) in [5, 5.41) is 6.23. The van der Waals surface area contributed by atoms with Crippen molar-refractivity contribution in [3.63, 3.8) is 0 Å². The first-order valence-corrected chi connectivity index (χ1v) is 24.1. The highest BCUT2D eigenvalue weighted by atomic mass is 32.1. The SMILES string of the molecule is CC#CCOc1ccc2cc(C3(c4ccc(Oc5ccc(C6(c7ccc8cc(OCC#CC)ccc8c7)c7ccccc7-c7ccccc76)s5)s4)c4ccccc4-c4ccccc43)ccc2c1. The highest BCUT2D eigenvalue weighted by Gasteiger charge is 2.49. The molecule has 0 saturated heterocycles. The largest absolute Gasteiger partial charge is 0.481 e. The van der Waals surface area contributed by atoms with Gasteiger partial charge in [-0.1, -0.05) is 145 Å². The van der Waals surface area contributed by atoms with Crippen LogP contribution >= 0.6 is 22.7 Å². The highest BCUT2D eigenvalue weighted by molar-refractivity contribution is 7.15. The zero-order valence-corrected chi connectivity index (χ0v) is 38.6. The van der Waals surface area contributed by atoms with E-state index in [9.17, 15) is 0 Å². The van der Waals surface area contributed by atoms with Gasteiger partial charge in [-0.3, -0.25) is 0 Å². The molecule has 10 aromatic rings. The van der Waals surface area contributed by atoms with E-state index < -0.39 is 10.8 Å². The van der Waals surface area contributed by atoms with Crippen molar-refractivity contribution in [2.45, 2.75) is 24.7 Å². The van der Waals surface area contributed by atoms with E-state index >= 15 is 0 Å². The molecule has 0 atom stereocenters. The highest BCUT2D eigenvalue weighted by Crippen LogP contribution is 2.60. The lowest BCUT2D eigenvalue weighted by molar-refractivity contribution is 0.370. The summed E-state index contributed by atoms with van der Waals surface area (Å²) < 4.78 is 18.9. The fourth-order valence-corrected chi connectivity index (χ4v) is 12.9. The minimum Gasteiger partial charge on any atom is -0.481 e. The molecule has 0 N–H and O–H groups in total. The maximum absolute atomic E-state index is 7.01. The Labute approximate surface area is 398 Å². The minimum atomic E-state index is -0.561. The van der Waals surface area contributed by atoms with Crippen LogP contribution in [0.15, 0.2) is 194 Å². The first-order chi connectivity index (χ1) is 33.1. The van der Waals surface area contributed by atoms with E-state index in [0.29, 0.717) is 13.2 Å². The van der Waals surface area contributed by atoms with Gasteiger partial charge in [0, 0.05) is 9.75 Å². The summed E-state index contributed by atoms with van der Waals surface area (Å²) in [6, 6.07) is 70.8. The Hall–Kier alpha value is -7.80. The van der Waals surface area contributed by atoms with Crippen LogP contribution in [0.25, 0.3) is 43.8 Å². The van der Waals surface area contributed by atoms with Crippen molar-refractivity contribution < 1.29 is 14.2 Å². The molecule has 0 spiro atoms.